The molecule has 2 rings (SSSR count). The smallest absolute Gasteiger partial charge is 0.0522 e. The van der Waals surface area contributed by atoms with Crippen molar-refractivity contribution in [2.75, 3.05) is 6.54 Å². The van der Waals surface area contributed by atoms with Crippen LogP contribution >= 0.6 is 0 Å². The molecule has 0 radical (unpaired) electrons. The van der Waals surface area contributed by atoms with Gasteiger partial charge in [-0.15, -0.1) is 0 Å². The summed E-state index contributed by atoms with van der Waals surface area (Å²) in [6, 6.07) is 0. The summed E-state index contributed by atoms with van der Waals surface area (Å²) in [6.07, 6.45) is 10.4. The molecule has 1 aromatic heterocycles. The van der Waals surface area contributed by atoms with Crippen LogP contribution in [-0.2, 0) is 13.5 Å². The molecule has 3 nitrogen and oxygen atoms in total. The van der Waals surface area contributed by atoms with Gasteiger partial charge >= 0.3 is 0 Å². The van der Waals surface area contributed by atoms with Crippen LogP contribution < -0.4 is 5.32 Å². The highest BCUT2D eigenvalue weighted by Gasteiger charge is 2.32. The highest BCUT2D eigenvalue weighted by Crippen LogP contribution is 2.28. The van der Waals surface area contributed by atoms with Gasteiger partial charge in [0, 0.05) is 18.8 Å². The third kappa shape index (κ3) is 2.40. The number of hydrogen-bond donors (Lipinski definition) is 1. The van der Waals surface area contributed by atoms with E-state index < -0.39 is 0 Å². The Kier molecular flexibility index (Phi) is 3.10. The van der Waals surface area contributed by atoms with Gasteiger partial charge in [0.2, 0.25) is 0 Å². The summed E-state index contributed by atoms with van der Waals surface area (Å²) in [5.74, 6) is 0. The van der Waals surface area contributed by atoms with E-state index in [1.54, 1.807) is 0 Å². The van der Waals surface area contributed by atoms with Crippen LogP contribution in [0.4, 0.5) is 0 Å². The summed E-state index contributed by atoms with van der Waals surface area (Å²) in [5.41, 5.74) is 1.72. The molecule has 1 atom stereocenters. The molecule has 0 saturated carbocycles. The fourth-order valence-corrected chi connectivity index (χ4v) is 2.75. The molecule has 3 heteroatoms. The SMILES string of the molecule is CCCC1(Cc2cnn(C)c2)CCCN1. The minimum atomic E-state index is 0.359. The van der Waals surface area contributed by atoms with Crippen molar-refractivity contribution < 1.29 is 0 Å². The van der Waals surface area contributed by atoms with E-state index in [0.717, 1.165) is 6.42 Å². The van der Waals surface area contributed by atoms with Crippen molar-refractivity contribution in [2.45, 2.75) is 44.6 Å². The van der Waals surface area contributed by atoms with Gasteiger partial charge in [0.25, 0.3) is 0 Å². The Morgan fingerprint density at radius 3 is 3.00 bits per heavy atom. The molecule has 1 aromatic rings. The van der Waals surface area contributed by atoms with Crippen LogP contribution in [0.25, 0.3) is 0 Å². The van der Waals surface area contributed by atoms with Gasteiger partial charge in [-0.1, -0.05) is 13.3 Å². The zero-order valence-corrected chi connectivity index (χ0v) is 9.79. The number of rotatable bonds is 4. The highest BCUT2D eigenvalue weighted by molar-refractivity contribution is 5.11. The summed E-state index contributed by atoms with van der Waals surface area (Å²) >= 11 is 0. The van der Waals surface area contributed by atoms with Gasteiger partial charge in [-0.05, 0) is 37.8 Å². The van der Waals surface area contributed by atoms with Crippen molar-refractivity contribution in [3.8, 4) is 0 Å². The van der Waals surface area contributed by atoms with E-state index in [2.05, 4.69) is 23.5 Å². The van der Waals surface area contributed by atoms with Crippen LogP contribution in [0.3, 0.4) is 0 Å². The first-order valence-electron chi connectivity index (χ1n) is 5.97. The summed E-state index contributed by atoms with van der Waals surface area (Å²) in [7, 11) is 1.98. The van der Waals surface area contributed by atoms with Crippen molar-refractivity contribution in [2.24, 2.45) is 7.05 Å². The zero-order chi connectivity index (χ0) is 10.7. The van der Waals surface area contributed by atoms with Crippen molar-refractivity contribution in [3.05, 3.63) is 18.0 Å². The first-order chi connectivity index (χ1) is 7.24. The quantitative estimate of drug-likeness (QED) is 0.817. The number of hydrogen-bond acceptors (Lipinski definition) is 2. The Hall–Kier alpha value is -0.830. The molecule has 2 heterocycles. The van der Waals surface area contributed by atoms with Crippen LogP contribution in [-0.4, -0.2) is 21.9 Å². The van der Waals surface area contributed by atoms with Crippen LogP contribution in [0, 0.1) is 0 Å². The molecule has 0 amide bonds. The summed E-state index contributed by atoms with van der Waals surface area (Å²) in [6.45, 7) is 3.45. The van der Waals surface area contributed by atoms with Crippen LogP contribution in [0.5, 0.6) is 0 Å². The summed E-state index contributed by atoms with van der Waals surface area (Å²) < 4.78 is 1.89. The van der Waals surface area contributed by atoms with Gasteiger partial charge in [-0.25, -0.2) is 0 Å². The van der Waals surface area contributed by atoms with E-state index in [9.17, 15) is 0 Å². The fourth-order valence-electron chi connectivity index (χ4n) is 2.75. The van der Waals surface area contributed by atoms with E-state index in [1.807, 2.05) is 17.9 Å². The maximum absolute atomic E-state index is 4.24. The normalized spacial score (nSPS) is 26.0. The third-order valence-electron chi connectivity index (χ3n) is 3.36. The molecule has 0 spiro atoms. The van der Waals surface area contributed by atoms with E-state index in [1.165, 1.54) is 37.8 Å². The summed E-state index contributed by atoms with van der Waals surface area (Å²) in [5, 5.41) is 7.93. The lowest BCUT2D eigenvalue weighted by molar-refractivity contribution is 0.342. The van der Waals surface area contributed by atoms with Crippen LogP contribution in [0.1, 0.15) is 38.2 Å². The van der Waals surface area contributed by atoms with Gasteiger partial charge in [-0.3, -0.25) is 4.68 Å². The Morgan fingerprint density at radius 1 is 1.60 bits per heavy atom. The predicted octanol–water partition coefficient (Wildman–Crippen LogP) is 1.88. The molecule has 0 aromatic carbocycles. The minimum absolute atomic E-state index is 0.359. The van der Waals surface area contributed by atoms with Crippen molar-refractivity contribution >= 4 is 0 Å². The van der Waals surface area contributed by atoms with Crippen LogP contribution in [0.15, 0.2) is 12.4 Å². The molecular weight excluding hydrogens is 186 g/mol. The lowest BCUT2D eigenvalue weighted by Gasteiger charge is -2.28. The minimum Gasteiger partial charge on any atom is -0.311 e. The average Bonchev–Trinajstić information content (AvgIpc) is 2.78. The third-order valence-corrected chi connectivity index (χ3v) is 3.36. The van der Waals surface area contributed by atoms with E-state index in [4.69, 9.17) is 0 Å². The molecule has 1 fully saturated rings. The molecule has 84 valence electrons. The Labute approximate surface area is 91.9 Å². The average molecular weight is 207 g/mol. The van der Waals surface area contributed by atoms with Gasteiger partial charge < -0.3 is 5.32 Å². The second-order valence-corrected chi connectivity index (χ2v) is 4.76. The number of aryl methyl sites for hydroxylation is 1. The Balaban J connectivity index is 2.06. The van der Waals surface area contributed by atoms with Gasteiger partial charge in [0.15, 0.2) is 0 Å². The summed E-state index contributed by atoms with van der Waals surface area (Å²) in [4.78, 5) is 0. The van der Waals surface area contributed by atoms with E-state index >= 15 is 0 Å². The van der Waals surface area contributed by atoms with Crippen molar-refractivity contribution in [3.63, 3.8) is 0 Å². The Bertz CT molecular complexity index is 310. The monoisotopic (exact) mass is 207 g/mol. The molecule has 1 unspecified atom stereocenters. The fraction of sp³-hybridized carbons (Fsp3) is 0.750. The molecule has 0 aliphatic carbocycles. The Morgan fingerprint density at radius 2 is 2.47 bits per heavy atom. The van der Waals surface area contributed by atoms with Crippen molar-refractivity contribution in [1.82, 2.24) is 15.1 Å². The van der Waals surface area contributed by atoms with E-state index in [0.29, 0.717) is 5.54 Å². The largest absolute Gasteiger partial charge is 0.311 e. The lowest BCUT2D eigenvalue weighted by atomic mass is 9.86. The standard InChI is InChI=1S/C12H21N3/c1-3-5-12(6-4-7-13-12)8-11-9-14-15(2)10-11/h9-10,13H,3-8H2,1-2H3. The number of aromatic nitrogens is 2. The zero-order valence-electron chi connectivity index (χ0n) is 9.79. The van der Waals surface area contributed by atoms with Crippen LogP contribution in [0.2, 0.25) is 0 Å². The second-order valence-electron chi connectivity index (χ2n) is 4.76. The predicted molar refractivity (Wildman–Crippen MR) is 61.8 cm³/mol. The van der Waals surface area contributed by atoms with Gasteiger partial charge in [0.05, 0.1) is 6.20 Å². The van der Waals surface area contributed by atoms with E-state index in [-0.39, 0.29) is 0 Å². The number of nitrogens with one attached hydrogen (secondary N) is 1. The first-order valence-corrected chi connectivity index (χ1v) is 5.97. The maximum Gasteiger partial charge on any atom is 0.0522 e. The highest BCUT2D eigenvalue weighted by atomic mass is 15.2. The molecule has 1 N–H and O–H groups in total. The van der Waals surface area contributed by atoms with Crippen molar-refractivity contribution in [1.29, 1.82) is 0 Å². The maximum atomic E-state index is 4.24. The second kappa shape index (κ2) is 4.35. The van der Waals surface area contributed by atoms with Gasteiger partial charge in [-0.2, -0.15) is 5.10 Å². The molecule has 15 heavy (non-hydrogen) atoms. The molecule has 1 aliphatic heterocycles. The van der Waals surface area contributed by atoms with Gasteiger partial charge in [0.1, 0.15) is 0 Å². The number of nitrogens with zero attached hydrogens (tertiary/aromatic N) is 2. The topological polar surface area (TPSA) is 29.9 Å². The molecule has 1 saturated heterocycles. The first kappa shape index (κ1) is 10.7. The molecule has 1 aliphatic rings. The molecule has 0 bridgehead atoms. The lowest BCUT2D eigenvalue weighted by Crippen LogP contribution is -2.41. The molecular formula is C12H21N3.